The van der Waals surface area contributed by atoms with Gasteiger partial charge in [-0.05, 0) is 13.8 Å². The monoisotopic (exact) mass is 236 g/mol. The number of hydrogen-bond acceptors (Lipinski definition) is 3. The molecule has 0 aliphatic rings. The maximum atomic E-state index is 12.0. The van der Waals surface area contributed by atoms with Gasteiger partial charge in [-0.3, -0.25) is 0 Å². The minimum absolute atomic E-state index is 0.297. The van der Waals surface area contributed by atoms with Gasteiger partial charge in [0.25, 0.3) is 0 Å². The summed E-state index contributed by atoms with van der Waals surface area (Å²) >= 11 is 0. The quantitative estimate of drug-likeness (QED) is 0.846. The van der Waals surface area contributed by atoms with Gasteiger partial charge in [-0.15, -0.1) is 0 Å². The van der Waals surface area contributed by atoms with E-state index in [1.54, 1.807) is 4.68 Å². The first-order valence-electron chi connectivity index (χ1n) is 5.09. The van der Waals surface area contributed by atoms with Crippen molar-refractivity contribution >= 4 is 0 Å². The Bertz CT molecular complexity index is 321. The number of aromatic nitrogens is 3. The second-order valence-electron chi connectivity index (χ2n) is 3.59. The van der Waals surface area contributed by atoms with Crippen molar-refractivity contribution in [2.75, 3.05) is 0 Å². The summed E-state index contributed by atoms with van der Waals surface area (Å²) in [6, 6.07) is -0.623. The van der Waals surface area contributed by atoms with Gasteiger partial charge in [-0.1, -0.05) is 0 Å². The van der Waals surface area contributed by atoms with E-state index in [-0.39, 0.29) is 0 Å². The zero-order valence-electron chi connectivity index (χ0n) is 9.25. The van der Waals surface area contributed by atoms with Crippen molar-refractivity contribution < 1.29 is 13.2 Å². The summed E-state index contributed by atoms with van der Waals surface area (Å²) in [5, 5.41) is 6.70. The third kappa shape index (κ3) is 4.18. The van der Waals surface area contributed by atoms with E-state index in [0.29, 0.717) is 18.9 Å². The number of nitrogens with one attached hydrogen (secondary N) is 1. The Kier molecular flexibility index (Phi) is 4.28. The number of aryl methyl sites for hydroxylation is 1. The van der Waals surface area contributed by atoms with Crippen molar-refractivity contribution in [3.8, 4) is 0 Å². The Morgan fingerprint density at radius 3 is 2.75 bits per heavy atom. The third-order valence-electron chi connectivity index (χ3n) is 2.14. The normalized spacial score (nSPS) is 14.1. The highest BCUT2D eigenvalue weighted by molar-refractivity contribution is 4.84. The fourth-order valence-corrected chi connectivity index (χ4v) is 1.37. The minimum Gasteiger partial charge on any atom is -0.307 e. The van der Waals surface area contributed by atoms with E-state index in [9.17, 15) is 13.2 Å². The first-order valence-corrected chi connectivity index (χ1v) is 5.09. The highest BCUT2D eigenvalue weighted by atomic mass is 19.4. The zero-order chi connectivity index (χ0) is 12.2. The molecule has 1 atom stereocenters. The van der Waals surface area contributed by atoms with Gasteiger partial charge in [0.05, 0.1) is 13.0 Å². The van der Waals surface area contributed by atoms with Gasteiger partial charge in [0, 0.05) is 12.6 Å². The summed E-state index contributed by atoms with van der Waals surface area (Å²) in [4.78, 5) is 3.96. The van der Waals surface area contributed by atoms with Crippen molar-refractivity contribution in [2.24, 2.45) is 0 Å². The average molecular weight is 236 g/mol. The van der Waals surface area contributed by atoms with E-state index < -0.39 is 18.6 Å². The highest BCUT2D eigenvalue weighted by Gasteiger charge is 2.29. The van der Waals surface area contributed by atoms with Gasteiger partial charge in [0.15, 0.2) is 0 Å². The molecule has 16 heavy (non-hydrogen) atoms. The van der Waals surface area contributed by atoms with Crippen LogP contribution in [0.1, 0.15) is 26.1 Å². The molecule has 0 spiro atoms. The van der Waals surface area contributed by atoms with Gasteiger partial charge in [0.1, 0.15) is 12.2 Å². The van der Waals surface area contributed by atoms with Crippen LogP contribution in [0, 0.1) is 0 Å². The number of hydrogen-bond donors (Lipinski definition) is 1. The molecule has 0 aliphatic carbocycles. The van der Waals surface area contributed by atoms with E-state index in [4.69, 9.17) is 0 Å². The average Bonchev–Trinajstić information content (AvgIpc) is 2.59. The predicted molar refractivity (Wildman–Crippen MR) is 52.7 cm³/mol. The van der Waals surface area contributed by atoms with Gasteiger partial charge >= 0.3 is 6.18 Å². The van der Waals surface area contributed by atoms with Crippen molar-refractivity contribution in [3.63, 3.8) is 0 Å². The van der Waals surface area contributed by atoms with E-state index in [1.807, 2.05) is 6.92 Å². The summed E-state index contributed by atoms with van der Waals surface area (Å²) in [5.74, 6) is 0.650. The molecule has 0 bridgehead atoms. The molecule has 92 valence electrons. The second kappa shape index (κ2) is 5.29. The third-order valence-corrected chi connectivity index (χ3v) is 2.14. The number of nitrogens with zero attached hydrogens (tertiary/aromatic N) is 3. The molecule has 0 saturated heterocycles. The Labute approximate surface area is 91.9 Å². The van der Waals surface area contributed by atoms with Gasteiger partial charge in [-0.2, -0.15) is 18.3 Å². The van der Waals surface area contributed by atoms with E-state index in [1.165, 1.54) is 13.3 Å². The number of alkyl halides is 3. The van der Waals surface area contributed by atoms with Crippen LogP contribution < -0.4 is 5.32 Å². The van der Waals surface area contributed by atoms with Crippen molar-refractivity contribution in [3.05, 3.63) is 12.2 Å². The fraction of sp³-hybridized carbons (Fsp3) is 0.778. The molecule has 0 radical (unpaired) electrons. The predicted octanol–water partition coefficient (Wildman–Crippen LogP) is 1.73. The second-order valence-corrected chi connectivity index (χ2v) is 3.59. The lowest BCUT2D eigenvalue weighted by Crippen LogP contribution is -2.31. The van der Waals surface area contributed by atoms with Crippen LogP contribution in [0.2, 0.25) is 0 Å². The Balaban J connectivity index is 2.40. The van der Waals surface area contributed by atoms with Crippen LogP contribution >= 0.6 is 0 Å². The van der Waals surface area contributed by atoms with Gasteiger partial charge < -0.3 is 5.32 Å². The Hall–Kier alpha value is -1.11. The molecule has 0 amide bonds. The molecular formula is C9H15F3N4. The maximum absolute atomic E-state index is 12.0. The van der Waals surface area contributed by atoms with Gasteiger partial charge in [-0.25, -0.2) is 9.67 Å². The molecular weight excluding hydrogens is 221 g/mol. The van der Waals surface area contributed by atoms with Crippen LogP contribution in [0.15, 0.2) is 6.33 Å². The van der Waals surface area contributed by atoms with Gasteiger partial charge in [0.2, 0.25) is 0 Å². The Morgan fingerprint density at radius 2 is 2.19 bits per heavy atom. The zero-order valence-corrected chi connectivity index (χ0v) is 9.25. The van der Waals surface area contributed by atoms with Crippen LogP contribution in [0.5, 0.6) is 0 Å². The molecule has 0 aromatic carbocycles. The molecule has 1 heterocycles. The fourth-order valence-electron chi connectivity index (χ4n) is 1.37. The standard InChI is InChI=1S/C9H15F3N4/c1-3-16-8(14-6-15-16)5-13-7(2)4-9(10,11)12/h6-7,13H,3-5H2,1-2H3. The largest absolute Gasteiger partial charge is 0.390 e. The first kappa shape index (κ1) is 13.0. The molecule has 1 N–H and O–H groups in total. The van der Waals surface area contributed by atoms with Crippen molar-refractivity contribution in [1.82, 2.24) is 20.1 Å². The Morgan fingerprint density at radius 1 is 1.50 bits per heavy atom. The summed E-state index contributed by atoms with van der Waals surface area (Å²) in [6.45, 7) is 4.35. The first-order chi connectivity index (χ1) is 7.42. The van der Waals surface area contributed by atoms with Crippen LogP contribution in [0.3, 0.4) is 0 Å². The van der Waals surface area contributed by atoms with Crippen LogP contribution in [0.4, 0.5) is 13.2 Å². The minimum atomic E-state index is -4.13. The maximum Gasteiger partial charge on any atom is 0.390 e. The smallest absolute Gasteiger partial charge is 0.307 e. The summed E-state index contributed by atoms with van der Waals surface area (Å²) in [6.07, 6.45) is -3.58. The summed E-state index contributed by atoms with van der Waals surface area (Å²) in [7, 11) is 0. The molecule has 0 fully saturated rings. The van der Waals surface area contributed by atoms with E-state index >= 15 is 0 Å². The lowest BCUT2D eigenvalue weighted by Gasteiger charge is -2.15. The van der Waals surface area contributed by atoms with Crippen molar-refractivity contribution in [2.45, 2.75) is 45.6 Å². The number of halogens is 3. The molecule has 0 aliphatic heterocycles. The summed E-state index contributed by atoms with van der Waals surface area (Å²) in [5.41, 5.74) is 0. The van der Waals surface area contributed by atoms with Crippen LogP contribution in [-0.4, -0.2) is 27.0 Å². The van der Waals surface area contributed by atoms with E-state index in [0.717, 1.165) is 0 Å². The summed E-state index contributed by atoms with van der Waals surface area (Å²) < 4.78 is 37.8. The molecule has 1 rings (SSSR count). The van der Waals surface area contributed by atoms with Crippen LogP contribution in [-0.2, 0) is 13.1 Å². The molecule has 4 nitrogen and oxygen atoms in total. The molecule has 1 aromatic rings. The number of rotatable bonds is 5. The highest BCUT2D eigenvalue weighted by Crippen LogP contribution is 2.21. The molecule has 1 unspecified atom stereocenters. The molecule has 0 saturated carbocycles. The SMILES string of the molecule is CCn1ncnc1CNC(C)CC(F)(F)F. The molecule has 7 heteroatoms. The van der Waals surface area contributed by atoms with Crippen molar-refractivity contribution in [1.29, 1.82) is 0 Å². The topological polar surface area (TPSA) is 42.7 Å². The molecule has 1 aromatic heterocycles. The van der Waals surface area contributed by atoms with Crippen LogP contribution in [0.25, 0.3) is 0 Å². The van der Waals surface area contributed by atoms with E-state index in [2.05, 4.69) is 15.4 Å². The lowest BCUT2D eigenvalue weighted by atomic mass is 10.2. The lowest BCUT2D eigenvalue weighted by molar-refractivity contribution is -0.139.